The molecule has 0 radical (unpaired) electrons. The van der Waals surface area contributed by atoms with Crippen molar-refractivity contribution >= 4 is 11.6 Å². The predicted octanol–water partition coefficient (Wildman–Crippen LogP) is 3.04. The van der Waals surface area contributed by atoms with Crippen molar-refractivity contribution in [3.05, 3.63) is 99.8 Å². The van der Waals surface area contributed by atoms with Crippen LogP contribution in [0.3, 0.4) is 0 Å². The van der Waals surface area contributed by atoms with Crippen LogP contribution in [0.5, 0.6) is 23.0 Å². The van der Waals surface area contributed by atoms with Gasteiger partial charge >= 0.3 is 0 Å². The van der Waals surface area contributed by atoms with E-state index in [0.717, 1.165) is 28.0 Å². The maximum absolute atomic E-state index is 10.3. The number of pyridine rings is 1. The van der Waals surface area contributed by atoms with Crippen LogP contribution in [0, 0.1) is 18.3 Å². The normalized spacial score (nSPS) is 14.7. The maximum atomic E-state index is 10.3. The second-order valence-electron chi connectivity index (χ2n) is 11.5. The van der Waals surface area contributed by atoms with E-state index in [9.17, 15) is 25.7 Å². The molecule has 0 unspecified atom stereocenters. The van der Waals surface area contributed by atoms with Crippen LogP contribution in [0.1, 0.15) is 28.1 Å². The molecule has 1 aliphatic rings. The third kappa shape index (κ3) is 8.97. The Bertz CT molecular complexity index is 1780. The third-order valence-electron chi connectivity index (χ3n) is 8.09. The zero-order valence-corrected chi connectivity index (χ0v) is 27.5. The van der Waals surface area contributed by atoms with Crippen molar-refractivity contribution in [1.82, 2.24) is 10.3 Å². The van der Waals surface area contributed by atoms with Gasteiger partial charge in [0.15, 0.2) is 11.5 Å². The van der Waals surface area contributed by atoms with Crippen molar-refractivity contribution in [2.45, 2.75) is 51.1 Å². The van der Waals surface area contributed by atoms with E-state index in [1.165, 1.54) is 0 Å². The van der Waals surface area contributed by atoms with Crippen LogP contribution in [-0.4, -0.2) is 81.3 Å². The topological polar surface area (TPSA) is 187 Å². The molecule has 2 heterocycles. The number of nitrogens with one attached hydrogen (secondary N) is 1. The second kappa shape index (κ2) is 16.8. The predicted molar refractivity (Wildman–Crippen MR) is 179 cm³/mol. The number of benzene rings is 3. The third-order valence-corrected chi connectivity index (χ3v) is 8.38. The molecule has 0 amide bonds. The number of nitriles is 1. The number of hydrogen-bond acceptors (Lipinski definition) is 12. The highest BCUT2D eigenvalue weighted by Crippen LogP contribution is 2.37. The summed E-state index contributed by atoms with van der Waals surface area (Å²) >= 11 is 6.69. The summed E-state index contributed by atoms with van der Waals surface area (Å²) in [5.41, 5.74) is 5.33. The average Bonchev–Trinajstić information content (AvgIpc) is 3.13. The number of ether oxygens (including phenoxy) is 4. The van der Waals surface area contributed by atoms with Gasteiger partial charge in [-0.25, -0.2) is 4.98 Å². The molecule has 4 aromatic rings. The second-order valence-corrected chi connectivity index (χ2v) is 11.9. The van der Waals surface area contributed by atoms with Crippen LogP contribution in [0.15, 0.2) is 66.7 Å². The number of aliphatic hydroxyl groups is 5. The van der Waals surface area contributed by atoms with Gasteiger partial charge in [0.1, 0.15) is 68.0 Å². The lowest BCUT2D eigenvalue weighted by Crippen LogP contribution is -2.48. The zero-order valence-electron chi connectivity index (χ0n) is 26.8. The summed E-state index contributed by atoms with van der Waals surface area (Å²) in [5, 5.41) is 61.6. The molecule has 0 fully saturated rings. The first kappa shape index (κ1) is 35.8. The number of hydrogen-bond donors (Lipinski definition) is 6. The van der Waals surface area contributed by atoms with Crippen molar-refractivity contribution in [3.8, 4) is 40.2 Å². The zero-order chi connectivity index (χ0) is 34.9. The monoisotopic (exact) mass is 691 g/mol. The molecule has 12 nitrogen and oxygen atoms in total. The van der Waals surface area contributed by atoms with E-state index in [-0.39, 0.29) is 32.0 Å². The summed E-state index contributed by atoms with van der Waals surface area (Å²) in [7, 11) is 0. The van der Waals surface area contributed by atoms with Crippen molar-refractivity contribution in [2.75, 3.05) is 26.4 Å². The van der Waals surface area contributed by atoms with Gasteiger partial charge in [0.25, 0.3) is 0 Å². The van der Waals surface area contributed by atoms with Gasteiger partial charge in [-0.1, -0.05) is 41.9 Å². The van der Waals surface area contributed by atoms with E-state index < -0.39 is 31.0 Å². The summed E-state index contributed by atoms with van der Waals surface area (Å²) in [4.78, 5) is 4.26. The fraction of sp³-hybridized carbons (Fsp3) is 0.333. The number of halogens is 1. The van der Waals surface area contributed by atoms with Crippen molar-refractivity contribution < 1.29 is 44.5 Å². The molecule has 1 aromatic heterocycles. The summed E-state index contributed by atoms with van der Waals surface area (Å²) in [5.74, 6) is 2.18. The Labute approximate surface area is 288 Å². The molecule has 3 aromatic carbocycles. The Balaban J connectivity index is 1.33. The molecule has 4 atom stereocenters. The van der Waals surface area contributed by atoms with Crippen LogP contribution < -0.4 is 24.3 Å². The Hall–Kier alpha value is -4.45. The quantitative estimate of drug-likeness (QED) is 0.107. The first-order valence-corrected chi connectivity index (χ1v) is 16.0. The number of aliphatic hydroxyl groups excluding tert-OH is 5. The molecule has 0 bridgehead atoms. The highest BCUT2D eigenvalue weighted by atomic mass is 35.5. The number of fused-ring (bicyclic) bond motifs is 1. The van der Waals surface area contributed by atoms with Crippen molar-refractivity contribution in [1.29, 1.82) is 5.26 Å². The summed E-state index contributed by atoms with van der Waals surface area (Å²) in [6, 6.07) is 22.2. The Morgan fingerprint density at radius 3 is 2.39 bits per heavy atom. The van der Waals surface area contributed by atoms with Crippen LogP contribution in [-0.2, 0) is 19.8 Å². The first-order chi connectivity index (χ1) is 23.7. The first-order valence-electron chi connectivity index (χ1n) is 15.6. The van der Waals surface area contributed by atoms with E-state index >= 15 is 0 Å². The maximum Gasteiger partial charge on any atom is 0.161 e. The fourth-order valence-electron chi connectivity index (χ4n) is 5.29. The van der Waals surface area contributed by atoms with Crippen LogP contribution in [0.25, 0.3) is 11.1 Å². The number of rotatable bonds is 15. The standard InChI is InChI=1S/C36H38ClN3O9/c1-21-23(4-2-7-27(21)22-8-9-31-34(13-22)47-11-10-46-31)19-48-33-14-32(49-20-26-6-3-5-25(15-38)40-26)24(12-28(33)37)16-39-17-29(42)35(44)36(45)30(43)18-41/h2-9,12-14,29-30,35-36,39,41-45H,10-11,16-20H2,1H3/t29-,30+,35+,36+/m0/s1. The van der Waals surface area contributed by atoms with Crippen molar-refractivity contribution in [2.24, 2.45) is 0 Å². The van der Waals surface area contributed by atoms with Crippen LogP contribution in [0.4, 0.5) is 0 Å². The lowest BCUT2D eigenvalue weighted by molar-refractivity contribution is -0.114. The van der Waals surface area contributed by atoms with Crippen LogP contribution in [0.2, 0.25) is 5.02 Å². The van der Waals surface area contributed by atoms with E-state index in [1.54, 1.807) is 30.3 Å². The lowest BCUT2D eigenvalue weighted by Gasteiger charge is -2.26. The van der Waals surface area contributed by atoms with Crippen LogP contribution >= 0.6 is 11.6 Å². The molecule has 1 aliphatic heterocycles. The minimum absolute atomic E-state index is 0.0346. The minimum Gasteiger partial charge on any atom is -0.487 e. The Morgan fingerprint density at radius 2 is 1.61 bits per heavy atom. The molecule has 13 heteroatoms. The van der Waals surface area contributed by atoms with Gasteiger partial charge in [-0.15, -0.1) is 0 Å². The summed E-state index contributed by atoms with van der Waals surface area (Å²) in [6.07, 6.45) is -6.52. The Morgan fingerprint density at radius 1 is 0.878 bits per heavy atom. The molecule has 258 valence electrons. The molecule has 0 spiro atoms. The molecular formula is C36H38ClN3O9. The molecule has 6 N–H and O–H groups in total. The SMILES string of the molecule is Cc1c(COc2cc(OCc3cccc(C#N)n3)c(CNC[C@H](O)[C@@H](O)[C@H](O)[C@H](O)CO)cc2Cl)cccc1-c1ccc2c(c1)OCCO2. The largest absolute Gasteiger partial charge is 0.487 e. The van der Waals surface area contributed by atoms with E-state index in [2.05, 4.69) is 10.3 Å². The van der Waals surface area contributed by atoms with Gasteiger partial charge in [-0.3, -0.25) is 0 Å². The molecular weight excluding hydrogens is 654 g/mol. The highest BCUT2D eigenvalue weighted by Gasteiger charge is 2.29. The molecule has 0 aliphatic carbocycles. The van der Waals surface area contributed by atoms with Gasteiger partial charge in [0, 0.05) is 24.7 Å². The molecule has 0 saturated carbocycles. The van der Waals surface area contributed by atoms with Gasteiger partial charge in [-0.2, -0.15) is 5.26 Å². The number of nitrogens with zero attached hydrogens (tertiary/aromatic N) is 2. The van der Waals surface area contributed by atoms with E-state index in [4.69, 9.17) is 35.7 Å². The average molecular weight is 692 g/mol. The van der Waals surface area contributed by atoms with E-state index in [1.807, 2.05) is 49.4 Å². The molecule has 5 rings (SSSR count). The minimum atomic E-state index is -1.74. The molecule has 49 heavy (non-hydrogen) atoms. The fourth-order valence-corrected chi connectivity index (χ4v) is 5.53. The highest BCUT2D eigenvalue weighted by molar-refractivity contribution is 6.32. The van der Waals surface area contributed by atoms with Gasteiger partial charge < -0.3 is 49.8 Å². The molecule has 0 saturated heterocycles. The summed E-state index contributed by atoms with van der Waals surface area (Å²) in [6.45, 7) is 2.46. The van der Waals surface area contributed by atoms with E-state index in [0.29, 0.717) is 46.7 Å². The van der Waals surface area contributed by atoms with Crippen molar-refractivity contribution in [3.63, 3.8) is 0 Å². The smallest absolute Gasteiger partial charge is 0.161 e. The Kier molecular flexibility index (Phi) is 12.3. The summed E-state index contributed by atoms with van der Waals surface area (Å²) < 4.78 is 23.8. The van der Waals surface area contributed by atoms with Gasteiger partial charge in [-0.05, 0) is 59.5 Å². The number of aromatic nitrogens is 1. The lowest BCUT2D eigenvalue weighted by atomic mass is 9.96. The van der Waals surface area contributed by atoms with Gasteiger partial charge in [0.05, 0.1) is 23.4 Å². The van der Waals surface area contributed by atoms with Gasteiger partial charge in [0.2, 0.25) is 0 Å².